The van der Waals surface area contributed by atoms with E-state index in [4.69, 9.17) is 42.6 Å². The van der Waals surface area contributed by atoms with E-state index in [1.807, 2.05) is 0 Å². The minimum absolute atomic E-state index is 0.843. The second-order valence-corrected chi connectivity index (χ2v) is 14.0. The smallest absolute Gasteiger partial charge is 0.335 e. The van der Waals surface area contributed by atoms with E-state index in [2.05, 4.69) is 0 Å². The number of carboxylic acids is 1. The molecule has 5 saturated heterocycles. The third-order valence-corrected chi connectivity index (χ3v) is 10.2. The van der Waals surface area contributed by atoms with E-state index in [1.165, 1.54) is 6.92 Å². The lowest BCUT2D eigenvalue weighted by atomic mass is 9.95. The van der Waals surface area contributed by atoms with Crippen LogP contribution in [0.15, 0.2) is 0 Å². The Bertz CT molecular complexity index is 1260. The molecule has 0 aromatic heterocycles. The lowest BCUT2D eigenvalue weighted by Crippen LogP contribution is -2.68. The molecule has 26 heteroatoms. The maximum Gasteiger partial charge on any atom is 0.335 e. The molecule has 25 atom stereocenters. The molecule has 5 rings (SSSR count). The van der Waals surface area contributed by atoms with Crippen LogP contribution in [0.4, 0.5) is 0 Å². The number of aliphatic carboxylic acids is 1. The average molecular weight is 827 g/mol. The average Bonchev–Trinajstić information content (AvgIpc) is 3.16. The first kappa shape index (κ1) is 45.6. The zero-order chi connectivity index (χ0) is 41.5. The molecule has 0 spiro atoms. The predicted molar refractivity (Wildman–Crippen MR) is 166 cm³/mol. The summed E-state index contributed by atoms with van der Waals surface area (Å²) in [5, 5.41) is 166. The summed E-state index contributed by atoms with van der Waals surface area (Å²) >= 11 is 0. The van der Waals surface area contributed by atoms with Crippen LogP contribution in [0.2, 0.25) is 0 Å². The SMILES string of the molecule is C[C@@H]1O[C@@H](O)[C@@H](O)[C@H](O[C@@H]2O[C@H](CO)[C@@H](O)[C@H](O)[C@H]2O)[C@@H]1O[C@H]1O[C@H](CO)[C@H](O)[C@H](O[C@H]2O[C@H](C(=O)O)[C@@H](O[C@H]3O[C@H](CO)[C@H](O)[C@H](O)[C@H]3O)[C@H](O)[C@H]2O)[C@H]1O. The monoisotopic (exact) mass is 826 g/mol. The molecule has 56 heavy (non-hydrogen) atoms. The van der Waals surface area contributed by atoms with Gasteiger partial charge in [0.1, 0.15) is 110 Å². The number of hydrogen-bond acceptors (Lipinski definition) is 25. The number of ether oxygens (including phenoxy) is 9. The fourth-order valence-corrected chi connectivity index (χ4v) is 6.95. The molecule has 0 radical (unpaired) electrons. The van der Waals surface area contributed by atoms with Crippen molar-refractivity contribution in [2.75, 3.05) is 19.8 Å². The van der Waals surface area contributed by atoms with Crippen molar-refractivity contribution >= 4 is 5.97 Å². The minimum Gasteiger partial charge on any atom is -0.479 e. The second kappa shape index (κ2) is 18.8. The van der Waals surface area contributed by atoms with Gasteiger partial charge in [0, 0.05) is 0 Å². The third kappa shape index (κ3) is 8.99. The molecule has 0 saturated carbocycles. The summed E-state index contributed by atoms with van der Waals surface area (Å²) in [5.74, 6) is -1.85. The van der Waals surface area contributed by atoms with Crippen molar-refractivity contribution in [1.29, 1.82) is 0 Å². The van der Waals surface area contributed by atoms with Gasteiger partial charge < -0.3 is 124 Å². The molecule has 5 aliphatic rings. The first-order valence-electron chi connectivity index (χ1n) is 17.5. The van der Waals surface area contributed by atoms with Crippen LogP contribution in [-0.2, 0) is 47.4 Å². The van der Waals surface area contributed by atoms with Gasteiger partial charge >= 0.3 is 5.97 Å². The highest BCUT2D eigenvalue weighted by Gasteiger charge is 2.57. The maximum absolute atomic E-state index is 12.3. The van der Waals surface area contributed by atoms with Crippen LogP contribution in [0.5, 0.6) is 0 Å². The number of carboxylic acid groups (broad SMARTS) is 1. The Morgan fingerprint density at radius 1 is 0.429 bits per heavy atom. The van der Waals surface area contributed by atoms with Crippen molar-refractivity contribution in [2.24, 2.45) is 0 Å². The van der Waals surface area contributed by atoms with Gasteiger partial charge in [0.2, 0.25) is 0 Å². The molecule has 0 aromatic rings. The molecular formula is C30H50O26. The summed E-state index contributed by atoms with van der Waals surface area (Å²) in [6.45, 7) is -1.41. The molecule has 0 aliphatic carbocycles. The Labute approximate surface area is 315 Å². The van der Waals surface area contributed by atoms with Crippen LogP contribution in [0, 0.1) is 0 Å². The highest BCUT2D eigenvalue weighted by molar-refractivity contribution is 5.73. The van der Waals surface area contributed by atoms with Gasteiger partial charge in [0.15, 0.2) is 37.6 Å². The topological polar surface area (TPSA) is 424 Å². The Morgan fingerprint density at radius 3 is 1.30 bits per heavy atom. The zero-order valence-corrected chi connectivity index (χ0v) is 29.3. The van der Waals surface area contributed by atoms with E-state index < -0.39 is 179 Å². The fraction of sp³-hybridized carbons (Fsp3) is 0.967. The lowest BCUT2D eigenvalue weighted by Gasteiger charge is -2.49. The maximum atomic E-state index is 12.3. The molecule has 5 fully saturated rings. The molecule has 326 valence electrons. The van der Waals surface area contributed by atoms with E-state index in [-0.39, 0.29) is 0 Å². The standard InChI is InChI=1S/C30H50O26/c1-5-20(23(18(43)26(47)48-5)55-28-16(41)13(38)10(35)7(3-32)50-28)52-30-19(44)21(11(36)8(4-33)51-30)53-29-17(42)14(39)22(24(56-29)25(45)46)54-27-15(40)12(37)9(34)6(2-31)49-27/h5-24,26-44,47H,2-4H2,1H3,(H,45,46)/t5-,6+,7+,8+,9-,10+,11-,12-,13-,14+,15+,16+,17+,18-,19+,20+,21-,22-,23-,24-,26+,27+,28-,29-,30+/m0/s1. The largest absolute Gasteiger partial charge is 0.479 e. The molecule has 26 nitrogen and oxygen atoms in total. The van der Waals surface area contributed by atoms with Gasteiger partial charge in [-0.1, -0.05) is 0 Å². The van der Waals surface area contributed by atoms with E-state index in [0.717, 1.165) is 0 Å². The van der Waals surface area contributed by atoms with Gasteiger partial charge in [-0.05, 0) is 6.92 Å². The summed E-state index contributed by atoms with van der Waals surface area (Å²) in [5.41, 5.74) is 0. The normalized spacial score (nSPS) is 53.1. The summed E-state index contributed by atoms with van der Waals surface area (Å²) in [6.07, 6.45) is -47.9. The van der Waals surface area contributed by atoms with Crippen molar-refractivity contribution in [3.63, 3.8) is 0 Å². The van der Waals surface area contributed by atoms with Crippen LogP contribution >= 0.6 is 0 Å². The molecule has 0 unspecified atom stereocenters. The van der Waals surface area contributed by atoms with Crippen LogP contribution in [0.1, 0.15) is 6.92 Å². The van der Waals surface area contributed by atoms with Gasteiger partial charge in [-0.15, -0.1) is 0 Å². The molecule has 0 aromatic carbocycles. The quantitative estimate of drug-likeness (QED) is 0.0868. The van der Waals surface area contributed by atoms with E-state index >= 15 is 0 Å². The Hall–Kier alpha value is -1.49. The number of hydrogen-bond donors (Lipinski definition) is 16. The summed E-state index contributed by atoms with van der Waals surface area (Å²) in [6, 6.07) is 0. The van der Waals surface area contributed by atoms with Gasteiger partial charge in [0.05, 0.1) is 25.9 Å². The van der Waals surface area contributed by atoms with Crippen LogP contribution < -0.4 is 0 Å². The van der Waals surface area contributed by atoms with Crippen molar-refractivity contribution in [3.8, 4) is 0 Å². The van der Waals surface area contributed by atoms with Gasteiger partial charge in [-0.3, -0.25) is 0 Å². The van der Waals surface area contributed by atoms with Crippen molar-refractivity contribution in [3.05, 3.63) is 0 Å². The van der Waals surface area contributed by atoms with E-state index in [0.29, 0.717) is 0 Å². The highest BCUT2D eigenvalue weighted by Crippen LogP contribution is 2.36. The summed E-state index contributed by atoms with van der Waals surface area (Å²) in [4.78, 5) is 12.3. The number of aliphatic hydroxyl groups is 15. The third-order valence-electron chi connectivity index (χ3n) is 10.2. The fourth-order valence-electron chi connectivity index (χ4n) is 6.95. The second-order valence-electron chi connectivity index (χ2n) is 14.0. The minimum atomic E-state index is -2.27. The first-order valence-corrected chi connectivity index (χ1v) is 17.5. The van der Waals surface area contributed by atoms with Gasteiger partial charge in [-0.25, -0.2) is 4.79 Å². The summed E-state index contributed by atoms with van der Waals surface area (Å²) < 4.78 is 49.1. The van der Waals surface area contributed by atoms with Gasteiger partial charge in [0.25, 0.3) is 0 Å². The van der Waals surface area contributed by atoms with Crippen molar-refractivity contribution < 1.29 is 129 Å². The van der Waals surface area contributed by atoms with Crippen LogP contribution in [-0.4, -0.2) is 261 Å². The predicted octanol–water partition coefficient (Wildman–Crippen LogP) is -10.8. The molecule has 5 aliphatic heterocycles. The molecule has 0 bridgehead atoms. The van der Waals surface area contributed by atoms with E-state index in [9.17, 15) is 86.5 Å². The van der Waals surface area contributed by atoms with Crippen molar-refractivity contribution in [2.45, 2.75) is 160 Å². The lowest BCUT2D eigenvalue weighted by molar-refractivity contribution is -0.394. The molecule has 0 amide bonds. The Morgan fingerprint density at radius 2 is 0.821 bits per heavy atom. The van der Waals surface area contributed by atoms with Crippen LogP contribution in [0.25, 0.3) is 0 Å². The molecular weight excluding hydrogens is 776 g/mol. The van der Waals surface area contributed by atoms with Crippen LogP contribution in [0.3, 0.4) is 0 Å². The highest BCUT2D eigenvalue weighted by atomic mass is 16.8. The Balaban J connectivity index is 1.33. The number of carbonyl (C=O) groups is 1. The Kier molecular flexibility index (Phi) is 15.3. The number of rotatable bonds is 12. The van der Waals surface area contributed by atoms with Crippen molar-refractivity contribution in [1.82, 2.24) is 0 Å². The molecule has 5 heterocycles. The molecule has 16 N–H and O–H groups in total. The van der Waals surface area contributed by atoms with E-state index in [1.54, 1.807) is 0 Å². The zero-order valence-electron chi connectivity index (χ0n) is 29.3. The number of aliphatic hydroxyl groups excluding tert-OH is 15. The first-order chi connectivity index (χ1) is 26.4. The van der Waals surface area contributed by atoms with Gasteiger partial charge in [-0.2, -0.15) is 0 Å². The summed E-state index contributed by atoms with van der Waals surface area (Å²) in [7, 11) is 0.